The molecule has 3 N–H and O–H groups in total. The number of carbonyl (C=O) groups excluding carboxylic acids is 1. The first kappa shape index (κ1) is 18.4. The van der Waals surface area contributed by atoms with Crippen LogP contribution in [0.15, 0.2) is 0 Å². The molecule has 1 fully saturated rings. The molecular formula is C15H30N2O3S. The molecule has 5 atom stereocenters. The third-order valence-corrected chi connectivity index (χ3v) is 5.71. The van der Waals surface area contributed by atoms with Crippen molar-refractivity contribution in [2.24, 2.45) is 5.92 Å². The lowest BCUT2D eigenvalue weighted by molar-refractivity contribution is 0.163. The van der Waals surface area contributed by atoms with E-state index >= 15 is 0 Å². The molecule has 0 aromatic carbocycles. The molecule has 21 heavy (non-hydrogen) atoms. The van der Waals surface area contributed by atoms with E-state index in [1.54, 1.807) is 6.92 Å². The van der Waals surface area contributed by atoms with Crippen LogP contribution in [0.5, 0.6) is 0 Å². The molecule has 1 saturated carbocycles. The number of hydrogen-bond donors (Lipinski definition) is 3. The van der Waals surface area contributed by atoms with Crippen LogP contribution in [0.2, 0.25) is 0 Å². The lowest BCUT2D eigenvalue weighted by Gasteiger charge is -2.29. The minimum atomic E-state index is -0.766. The van der Waals surface area contributed by atoms with Gasteiger partial charge in [0.15, 0.2) is 0 Å². The minimum absolute atomic E-state index is 0.131. The third-order valence-electron chi connectivity index (χ3n) is 3.97. The van der Waals surface area contributed by atoms with Crippen molar-refractivity contribution >= 4 is 16.8 Å². The van der Waals surface area contributed by atoms with Gasteiger partial charge in [0.2, 0.25) is 0 Å². The van der Waals surface area contributed by atoms with E-state index in [2.05, 4.69) is 10.6 Å². The van der Waals surface area contributed by atoms with Crippen LogP contribution in [-0.4, -0.2) is 45.0 Å². The molecule has 1 aliphatic rings. The summed E-state index contributed by atoms with van der Waals surface area (Å²) in [6, 6.07) is -0.0216. The molecule has 0 aliphatic heterocycles. The smallest absolute Gasteiger partial charge is 0.315 e. The molecular weight excluding hydrogens is 288 g/mol. The molecule has 124 valence electrons. The molecule has 2 amide bonds. The van der Waals surface area contributed by atoms with Crippen molar-refractivity contribution in [1.82, 2.24) is 10.6 Å². The van der Waals surface area contributed by atoms with Crippen molar-refractivity contribution in [3.05, 3.63) is 0 Å². The SMILES string of the molecule is CCS(=O)C1CCCC(NC(=O)NCC(C)CC(C)O)C1. The van der Waals surface area contributed by atoms with Crippen LogP contribution in [0.1, 0.15) is 52.9 Å². The Labute approximate surface area is 130 Å². The van der Waals surface area contributed by atoms with Gasteiger partial charge in [-0.05, 0) is 38.5 Å². The Morgan fingerprint density at radius 1 is 1.38 bits per heavy atom. The molecule has 5 nitrogen and oxygen atoms in total. The van der Waals surface area contributed by atoms with E-state index in [9.17, 15) is 14.1 Å². The maximum atomic E-state index is 11.9. The number of hydrogen-bond acceptors (Lipinski definition) is 3. The second-order valence-corrected chi connectivity index (χ2v) is 8.20. The van der Waals surface area contributed by atoms with Crippen LogP contribution in [0, 0.1) is 5.92 Å². The van der Waals surface area contributed by atoms with Gasteiger partial charge in [-0.2, -0.15) is 0 Å². The van der Waals surface area contributed by atoms with Crippen molar-refractivity contribution < 1.29 is 14.1 Å². The fourth-order valence-corrected chi connectivity index (χ4v) is 4.27. The molecule has 0 aromatic heterocycles. The van der Waals surface area contributed by atoms with Gasteiger partial charge in [0.25, 0.3) is 0 Å². The number of nitrogens with one attached hydrogen (secondary N) is 2. The molecule has 0 bridgehead atoms. The first-order chi connectivity index (χ1) is 9.92. The maximum absolute atomic E-state index is 11.9. The predicted octanol–water partition coefficient (Wildman–Crippen LogP) is 1.77. The summed E-state index contributed by atoms with van der Waals surface area (Å²) in [6.07, 6.45) is 4.16. The van der Waals surface area contributed by atoms with Crippen molar-refractivity contribution in [3.63, 3.8) is 0 Å². The number of rotatable bonds is 7. The van der Waals surface area contributed by atoms with E-state index in [1.165, 1.54) is 0 Å². The monoisotopic (exact) mass is 318 g/mol. The number of aliphatic hydroxyl groups is 1. The summed E-state index contributed by atoms with van der Waals surface area (Å²) in [5.74, 6) is 0.947. The van der Waals surface area contributed by atoms with Crippen LogP contribution in [-0.2, 0) is 10.8 Å². The summed E-state index contributed by atoms with van der Waals surface area (Å²) < 4.78 is 11.9. The van der Waals surface area contributed by atoms with Gasteiger partial charge in [-0.3, -0.25) is 4.21 Å². The van der Waals surface area contributed by atoms with E-state index < -0.39 is 10.8 Å². The number of urea groups is 1. The van der Waals surface area contributed by atoms with Crippen LogP contribution in [0.3, 0.4) is 0 Å². The molecule has 0 saturated heterocycles. The Kier molecular flexibility index (Phi) is 8.26. The highest BCUT2D eigenvalue weighted by Gasteiger charge is 2.26. The van der Waals surface area contributed by atoms with Gasteiger partial charge in [0, 0.05) is 34.4 Å². The van der Waals surface area contributed by atoms with Crippen molar-refractivity contribution in [2.45, 2.75) is 70.3 Å². The zero-order valence-electron chi connectivity index (χ0n) is 13.4. The normalized spacial score (nSPS) is 26.7. The number of amides is 2. The molecule has 0 heterocycles. The maximum Gasteiger partial charge on any atom is 0.315 e. The molecule has 1 aliphatic carbocycles. The van der Waals surface area contributed by atoms with Crippen molar-refractivity contribution in [1.29, 1.82) is 0 Å². The second kappa shape index (κ2) is 9.41. The van der Waals surface area contributed by atoms with E-state index in [1.807, 2.05) is 13.8 Å². The van der Waals surface area contributed by atoms with Gasteiger partial charge in [0.05, 0.1) is 6.10 Å². The number of carbonyl (C=O) groups is 1. The van der Waals surface area contributed by atoms with Crippen LogP contribution in [0.4, 0.5) is 4.79 Å². The minimum Gasteiger partial charge on any atom is -0.393 e. The van der Waals surface area contributed by atoms with Crippen molar-refractivity contribution in [3.8, 4) is 0 Å². The highest BCUT2D eigenvalue weighted by Crippen LogP contribution is 2.22. The summed E-state index contributed by atoms with van der Waals surface area (Å²) in [4.78, 5) is 11.9. The summed E-state index contributed by atoms with van der Waals surface area (Å²) in [5.41, 5.74) is 0. The Morgan fingerprint density at radius 2 is 2.10 bits per heavy atom. The highest BCUT2D eigenvalue weighted by molar-refractivity contribution is 7.85. The Bertz CT molecular complexity index is 350. The van der Waals surface area contributed by atoms with E-state index in [0.29, 0.717) is 18.7 Å². The van der Waals surface area contributed by atoms with Gasteiger partial charge in [0.1, 0.15) is 0 Å². The summed E-state index contributed by atoms with van der Waals surface area (Å²) in [5, 5.41) is 15.4. The summed E-state index contributed by atoms with van der Waals surface area (Å²) in [6.45, 7) is 6.28. The van der Waals surface area contributed by atoms with Crippen LogP contribution >= 0.6 is 0 Å². The van der Waals surface area contributed by atoms with E-state index in [-0.39, 0.29) is 29.3 Å². The Balaban J connectivity index is 2.29. The zero-order chi connectivity index (χ0) is 15.8. The quantitative estimate of drug-likeness (QED) is 0.669. The molecule has 0 radical (unpaired) electrons. The molecule has 1 rings (SSSR count). The average molecular weight is 318 g/mol. The molecule has 6 heteroatoms. The fraction of sp³-hybridized carbons (Fsp3) is 0.933. The largest absolute Gasteiger partial charge is 0.393 e. The molecule has 0 spiro atoms. The summed E-state index contributed by atoms with van der Waals surface area (Å²) in [7, 11) is -0.766. The second-order valence-electron chi connectivity index (χ2n) is 6.20. The standard InChI is InChI=1S/C15H30N2O3S/c1-4-21(20)14-7-5-6-13(9-14)17-15(19)16-10-11(2)8-12(3)18/h11-14,18H,4-10H2,1-3H3,(H2,16,17,19). The Hall–Kier alpha value is -0.620. The average Bonchev–Trinajstić information content (AvgIpc) is 2.44. The van der Waals surface area contributed by atoms with Gasteiger partial charge in [-0.15, -0.1) is 0 Å². The summed E-state index contributed by atoms with van der Waals surface area (Å²) >= 11 is 0. The molecule has 5 unspecified atom stereocenters. The topological polar surface area (TPSA) is 78.4 Å². The van der Waals surface area contributed by atoms with Gasteiger partial charge >= 0.3 is 6.03 Å². The Morgan fingerprint density at radius 3 is 2.71 bits per heavy atom. The third kappa shape index (κ3) is 7.27. The van der Waals surface area contributed by atoms with Crippen molar-refractivity contribution in [2.75, 3.05) is 12.3 Å². The lowest BCUT2D eigenvalue weighted by atomic mass is 9.95. The first-order valence-corrected chi connectivity index (χ1v) is 9.40. The van der Waals surface area contributed by atoms with Crippen LogP contribution in [0.25, 0.3) is 0 Å². The fourth-order valence-electron chi connectivity index (χ4n) is 2.92. The highest BCUT2D eigenvalue weighted by atomic mass is 32.2. The first-order valence-electron chi connectivity index (χ1n) is 8.02. The van der Waals surface area contributed by atoms with Gasteiger partial charge in [-0.1, -0.05) is 20.3 Å². The lowest BCUT2D eigenvalue weighted by Crippen LogP contribution is -2.46. The zero-order valence-corrected chi connectivity index (χ0v) is 14.2. The number of aliphatic hydroxyl groups excluding tert-OH is 1. The van der Waals surface area contributed by atoms with Gasteiger partial charge in [-0.25, -0.2) is 4.79 Å². The van der Waals surface area contributed by atoms with E-state index in [4.69, 9.17) is 0 Å². The molecule has 0 aromatic rings. The van der Waals surface area contributed by atoms with Gasteiger partial charge < -0.3 is 15.7 Å². The van der Waals surface area contributed by atoms with E-state index in [0.717, 1.165) is 25.7 Å². The predicted molar refractivity (Wildman–Crippen MR) is 86.7 cm³/mol. The van der Waals surface area contributed by atoms with Crippen LogP contribution < -0.4 is 10.6 Å².